The number of ether oxygens (including phenoxy) is 1. The third kappa shape index (κ3) is 8.52. The molecule has 0 aliphatic carbocycles. The zero-order valence-corrected chi connectivity index (χ0v) is 13.6. The molecule has 0 aliphatic rings. The van der Waals surface area contributed by atoms with Crippen LogP contribution in [0.15, 0.2) is 30.3 Å². The average Bonchev–Trinajstić information content (AvgIpc) is 2.56. The molecule has 0 unspecified atom stereocenters. The first-order valence-electron chi connectivity index (χ1n) is 7.00. The molecule has 0 saturated heterocycles. The Bertz CT molecular complexity index is 563. The topological polar surface area (TPSA) is 96.5 Å². The number of esters is 1. The van der Waals surface area contributed by atoms with E-state index in [1.165, 1.54) is 7.11 Å². The van der Waals surface area contributed by atoms with Crippen LogP contribution in [0.3, 0.4) is 0 Å². The number of hydrogen-bond donors (Lipinski definition) is 3. The summed E-state index contributed by atoms with van der Waals surface area (Å²) in [6.07, 6.45) is 0.813. The van der Waals surface area contributed by atoms with Gasteiger partial charge in [-0.1, -0.05) is 30.3 Å². The number of hydrazine groups is 1. The summed E-state index contributed by atoms with van der Waals surface area (Å²) in [6.45, 7) is 0. The Kier molecular flexibility index (Phi) is 8.30. The third-order valence-corrected chi connectivity index (χ3v) is 3.04. The van der Waals surface area contributed by atoms with E-state index < -0.39 is 11.9 Å². The minimum atomic E-state index is -0.478. The van der Waals surface area contributed by atoms with Gasteiger partial charge in [-0.15, -0.1) is 0 Å². The van der Waals surface area contributed by atoms with Gasteiger partial charge in [0.25, 0.3) is 0 Å². The van der Waals surface area contributed by atoms with Gasteiger partial charge in [-0.2, -0.15) is 0 Å². The predicted molar refractivity (Wildman–Crippen MR) is 88.0 cm³/mol. The number of amides is 2. The van der Waals surface area contributed by atoms with Crippen molar-refractivity contribution in [1.82, 2.24) is 16.2 Å². The minimum Gasteiger partial charge on any atom is -0.469 e. The number of methoxy groups -OCH3 is 1. The van der Waals surface area contributed by atoms with Gasteiger partial charge in [-0.05, 0) is 24.2 Å². The van der Waals surface area contributed by atoms with Crippen molar-refractivity contribution < 1.29 is 19.1 Å². The smallest absolute Gasteiger partial charge is 0.306 e. The second-order valence-electron chi connectivity index (χ2n) is 4.61. The fourth-order valence-electron chi connectivity index (χ4n) is 1.63. The summed E-state index contributed by atoms with van der Waals surface area (Å²) < 4.78 is 4.42. The number of rotatable bonds is 6. The highest BCUT2D eigenvalue weighted by Crippen LogP contribution is 2.01. The first-order valence-corrected chi connectivity index (χ1v) is 7.41. The van der Waals surface area contributed by atoms with Crippen molar-refractivity contribution in [3.8, 4) is 0 Å². The van der Waals surface area contributed by atoms with Gasteiger partial charge >= 0.3 is 5.97 Å². The van der Waals surface area contributed by atoms with Gasteiger partial charge in [0.05, 0.1) is 13.5 Å². The lowest BCUT2D eigenvalue weighted by Crippen LogP contribution is -2.48. The number of carbonyl (C=O) groups is 3. The molecule has 0 aromatic heterocycles. The molecule has 2 amide bonds. The van der Waals surface area contributed by atoms with Crippen molar-refractivity contribution in [3.05, 3.63) is 35.9 Å². The zero-order valence-electron chi connectivity index (χ0n) is 12.8. The SMILES string of the molecule is COC(=O)CCC(=O)NC(=S)NNC(=O)CCc1ccccc1. The lowest BCUT2D eigenvalue weighted by atomic mass is 10.1. The van der Waals surface area contributed by atoms with E-state index in [2.05, 4.69) is 20.9 Å². The number of aryl methyl sites for hydroxylation is 1. The normalized spacial score (nSPS) is 9.61. The Morgan fingerprint density at radius 2 is 1.70 bits per heavy atom. The molecule has 7 nitrogen and oxygen atoms in total. The largest absolute Gasteiger partial charge is 0.469 e. The molecule has 0 saturated carbocycles. The predicted octanol–water partition coefficient (Wildman–Crippen LogP) is 0.594. The Balaban J connectivity index is 2.18. The first-order chi connectivity index (χ1) is 11.0. The van der Waals surface area contributed by atoms with Crippen LogP contribution >= 0.6 is 12.2 Å². The highest BCUT2D eigenvalue weighted by molar-refractivity contribution is 7.80. The van der Waals surface area contributed by atoms with Gasteiger partial charge in [-0.25, -0.2) is 0 Å². The van der Waals surface area contributed by atoms with Gasteiger partial charge in [0.15, 0.2) is 5.11 Å². The van der Waals surface area contributed by atoms with E-state index in [1.807, 2.05) is 30.3 Å². The van der Waals surface area contributed by atoms with Crippen LogP contribution in [0, 0.1) is 0 Å². The summed E-state index contributed by atoms with van der Waals surface area (Å²) in [4.78, 5) is 34.0. The van der Waals surface area contributed by atoms with Crippen LogP contribution in [0.5, 0.6) is 0 Å². The molecule has 0 heterocycles. The van der Waals surface area contributed by atoms with Crippen LogP contribution in [0.25, 0.3) is 0 Å². The quantitative estimate of drug-likeness (QED) is 0.399. The summed E-state index contributed by atoms with van der Waals surface area (Å²) in [5.74, 6) is -1.17. The molecular formula is C15H19N3O4S. The molecule has 0 spiro atoms. The number of nitrogens with one attached hydrogen (secondary N) is 3. The lowest BCUT2D eigenvalue weighted by molar-refractivity contribution is -0.142. The monoisotopic (exact) mass is 337 g/mol. The second kappa shape index (κ2) is 10.3. The maximum atomic E-state index is 11.7. The van der Waals surface area contributed by atoms with E-state index in [0.717, 1.165) is 5.56 Å². The Morgan fingerprint density at radius 3 is 2.35 bits per heavy atom. The van der Waals surface area contributed by atoms with Gasteiger partial charge < -0.3 is 10.1 Å². The molecule has 23 heavy (non-hydrogen) atoms. The van der Waals surface area contributed by atoms with Crippen LogP contribution in [0.4, 0.5) is 0 Å². The van der Waals surface area contributed by atoms with E-state index in [1.54, 1.807) is 0 Å². The summed E-state index contributed by atoms with van der Waals surface area (Å²) in [6, 6.07) is 9.60. The number of hydrogen-bond acceptors (Lipinski definition) is 5. The number of thiocarbonyl (C=S) groups is 1. The standard InChI is InChI=1S/C15H19N3O4S/c1-22-14(21)10-9-12(19)16-15(23)18-17-13(20)8-7-11-5-3-2-4-6-11/h2-6H,7-10H2,1H3,(H,17,20)(H2,16,18,19,23). The summed E-state index contributed by atoms with van der Waals surface area (Å²) in [5, 5.41) is 2.31. The van der Waals surface area contributed by atoms with Crippen LogP contribution in [-0.2, 0) is 25.5 Å². The molecular weight excluding hydrogens is 318 g/mol. The molecule has 1 aromatic rings. The number of carbonyl (C=O) groups excluding carboxylic acids is 3. The Hall–Kier alpha value is -2.48. The van der Waals surface area contributed by atoms with Crippen molar-refractivity contribution >= 4 is 35.1 Å². The maximum absolute atomic E-state index is 11.7. The second-order valence-corrected chi connectivity index (χ2v) is 5.02. The van der Waals surface area contributed by atoms with E-state index in [9.17, 15) is 14.4 Å². The average molecular weight is 337 g/mol. The molecule has 0 radical (unpaired) electrons. The highest BCUT2D eigenvalue weighted by atomic mass is 32.1. The molecule has 0 aliphatic heterocycles. The molecule has 124 valence electrons. The zero-order chi connectivity index (χ0) is 17.1. The molecule has 0 fully saturated rings. The summed E-state index contributed by atoms with van der Waals surface area (Å²) in [7, 11) is 1.25. The molecule has 8 heteroatoms. The van der Waals surface area contributed by atoms with Crippen molar-refractivity contribution in [2.75, 3.05) is 7.11 Å². The minimum absolute atomic E-state index is 0.0334. The molecule has 0 bridgehead atoms. The van der Waals surface area contributed by atoms with E-state index in [-0.39, 0.29) is 30.3 Å². The summed E-state index contributed by atoms with van der Waals surface area (Å²) >= 11 is 4.86. The molecule has 1 aromatic carbocycles. The van der Waals surface area contributed by atoms with Crippen molar-refractivity contribution in [3.63, 3.8) is 0 Å². The van der Waals surface area contributed by atoms with Gasteiger partial charge in [-0.3, -0.25) is 25.2 Å². The van der Waals surface area contributed by atoms with Crippen LogP contribution < -0.4 is 16.2 Å². The van der Waals surface area contributed by atoms with Crippen molar-refractivity contribution in [2.24, 2.45) is 0 Å². The van der Waals surface area contributed by atoms with Crippen molar-refractivity contribution in [2.45, 2.75) is 25.7 Å². The van der Waals surface area contributed by atoms with Gasteiger partial charge in [0.1, 0.15) is 0 Å². The van der Waals surface area contributed by atoms with Gasteiger partial charge in [0, 0.05) is 12.8 Å². The molecule has 3 N–H and O–H groups in total. The summed E-state index contributed by atoms with van der Waals surface area (Å²) in [5.41, 5.74) is 5.89. The lowest BCUT2D eigenvalue weighted by Gasteiger charge is -2.10. The fraction of sp³-hybridized carbons (Fsp3) is 0.333. The third-order valence-electron chi connectivity index (χ3n) is 2.84. The fourth-order valence-corrected chi connectivity index (χ4v) is 1.79. The number of benzene rings is 1. The van der Waals surface area contributed by atoms with Crippen LogP contribution in [-0.4, -0.2) is 30.0 Å². The Morgan fingerprint density at radius 1 is 1.00 bits per heavy atom. The van der Waals surface area contributed by atoms with Gasteiger partial charge in [0.2, 0.25) is 11.8 Å². The van der Waals surface area contributed by atoms with Crippen LogP contribution in [0.2, 0.25) is 0 Å². The molecule has 1 rings (SSSR count). The van der Waals surface area contributed by atoms with E-state index in [4.69, 9.17) is 12.2 Å². The van der Waals surface area contributed by atoms with Crippen LogP contribution in [0.1, 0.15) is 24.8 Å². The van der Waals surface area contributed by atoms with E-state index in [0.29, 0.717) is 6.42 Å². The molecule has 0 atom stereocenters. The highest BCUT2D eigenvalue weighted by Gasteiger charge is 2.09. The Labute approximate surface area is 139 Å². The van der Waals surface area contributed by atoms with Crippen molar-refractivity contribution in [1.29, 1.82) is 0 Å². The first kappa shape index (κ1) is 18.6. The maximum Gasteiger partial charge on any atom is 0.306 e. The van der Waals surface area contributed by atoms with E-state index >= 15 is 0 Å².